The van der Waals surface area contributed by atoms with Gasteiger partial charge in [-0.3, -0.25) is 0 Å². The molecule has 2 aliphatic rings. The quantitative estimate of drug-likeness (QED) is 0.167. The maximum atomic E-state index is 6.49. The molecule has 2 nitrogen and oxygen atoms in total. The molecule has 10 aromatic carbocycles. The molecule has 0 bridgehead atoms. The Labute approximate surface area is 366 Å². The Morgan fingerprint density at radius 1 is 0.302 bits per heavy atom. The number of furan rings is 1. The molecule has 0 amide bonds. The number of anilines is 3. The molecule has 0 N–H and O–H groups in total. The van der Waals surface area contributed by atoms with Crippen molar-refractivity contribution in [3.63, 3.8) is 0 Å². The largest absolute Gasteiger partial charge is 0.456 e. The summed E-state index contributed by atoms with van der Waals surface area (Å²) in [6.07, 6.45) is 0. The zero-order chi connectivity index (χ0) is 41.5. The summed E-state index contributed by atoms with van der Waals surface area (Å²) in [6, 6.07) is 86.6. The van der Waals surface area contributed by atoms with Crippen LogP contribution in [-0.2, 0) is 5.41 Å². The lowest BCUT2D eigenvalue weighted by Crippen LogP contribution is -2.26. The van der Waals surface area contributed by atoms with E-state index in [-0.39, 0.29) is 0 Å². The van der Waals surface area contributed by atoms with E-state index >= 15 is 0 Å². The lowest BCUT2D eigenvalue weighted by Gasteiger charge is -2.33. The molecule has 13 rings (SSSR count). The molecule has 1 heterocycles. The van der Waals surface area contributed by atoms with Gasteiger partial charge in [-0.1, -0.05) is 200 Å². The maximum Gasteiger partial charge on any atom is 0.136 e. The summed E-state index contributed by atoms with van der Waals surface area (Å²) in [6.45, 7) is 0. The fourth-order valence-electron chi connectivity index (χ4n) is 11.0. The van der Waals surface area contributed by atoms with E-state index in [9.17, 15) is 0 Å². The monoisotopic (exact) mass is 801 g/mol. The van der Waals surface area contributed by atoms with Gasteiger partial charge in [0.1, 0.15) is 11.2 Å². The molecule has 2 heteroatoms. The molecule has 11 aromatic rings. The van der Waals surface area contributed by atoms with Crippen LogP contribution in [-0.4, -0.2) is 0 Å². The molecule has 294 valence electrons. The highest BCUT2D eigenvalue weighted by Crippen LogP contribution is 2.63. The summed E-state index contributed by atoms with van der Waals surface area (Å²) in [4.78, 5) is 2.51. The molecule has 0 saturated carbocycles. The normalized spacial score (nSPS) is 12.9. The number of nitrogens with zero attached hydrogens (tertiary/aromatic N) is 1. The lowest BCUT2D eigenvalue weighted by atomic mass is 9.70. The van der Waals surface area contributed by atoms with Crippen molar-refractivity contribution in [2.45, 2.75) is 5.41 Å². The number of para-hydroxylation sites is 3. The van der Waals surface area contributed by atoms with Crippen molar-refractivity contribution in [1.82, 2.24) is 0 Å². The van der Waals surface area contributed by atoms with Crippen LogP contribution >= 0.6 is 0 Å². The van der Waals surface area contributed by atoms with Crippen LogP contribution in [0, 0.1) is 0 Å². The number of benzene rings is 10. The third-order valence-corrected chi connectivity index (χ3v) is 13.5. The lowest BCUT2D eigenvalue weighted by molar-refractivity contribution is 0.669. The summed E-state index contributed by atoms with van der Waals surface area (Å²) >= 11 is 0. The summed E-state index contributed by atoms with van der Waals surface area (Å²) in [5.41, 5.74) is 21.9. The zero-order valence-corrected chi connectivity index (χ0v) is 34.4. The van der Waals surface area contributed by atoms with Crippen LogP contribution < -0.4 is 4.90 Å². The first-order chi connectivity index (χ1) is 31.3. The van der Waals surface area contributed by atoms with Gasteiger partial charge >= 0.3 is 0 Å². The minimum atomic E-state index is -0.485. The highest BCUT2D eigenvalue weighted by molar-refractivity contribution is 6.14. The van der Waals surface area contributed by atoms with Gasteiger partial charge in [0, 0.05) is 27.6 Å². The fraction of sp³-hybridized carbons (Fsp3) is 0.0164. The van der Waals surface area contributed by atoms with E-state index in [4.69, 9.17) is 4.42 Å². The van der Waals surface area contributed by atoms with Gasteiger partial charge in [-0.25, -0.2) is 0 Å². The van der Waals surface area contributed by atoms with Crippen molar-refractivity contribution in [2.24, 2.45) is 0 Å². The van der Waals surface area contributed by atoms with Crippen LogP contribution in [0.25, 0.3) is 77.6 Å². The van der Waals surface area contributed by atoms with E-state index < -0.39 is 5.41 Å². The minimum absolute atomic E-state index is 0.485. The predicted molar refractivity (Wildman–Crippen MR) is 261 cm³/mol. The van der Waals surface area contributed by atoms with E-state index in [1.807, 2.05) is 6.07 Å². The smallest absolute Gasteiger partial charge is 0.136 e. The van der Waals surface area contributed by atoms with E-state index in [1.54, 1.807) is 0 Å². The highest BCUT2D eigenvalue weighted by atomic mass is 16.3. The molecule has 0 saturated heterocycles. The average molecular weight is 802 g/mol. The molecule has 2 aliphatic carbocycles. The van der Waals surface area contributed by atoms with Gasteiger partial charge in [-0.2, -0.15) is 0 Å². The second-order valence-electron chi connectivity index (χ2n) is 16.7. The van der Waals surface area contributed by atoms with Crippen molar-refractivity contribution in [2.75, 3.05) is 4.90 Å². The third kappa shape index (κ3) is 5.13. The third-order valence-electron chi connectivity index (χ3n) is 13.5. The van der Waals surface area contributed by atoms with Crippen LogP contribution in [0.3, 0.4) is 0 Å². The van der Waals surface area contributed by atoms with Gasteiger partial charge in [0.15, 0.2) is 0 Å². The first kappa shape index (κ1) is 35.5. The average Bonchev–Trinajstić information content (AvgIpc) is 3.99. The Balaban J connectivity index is 1.12. The van der Waals surface area contributed by atoms with Gasteiger partial charge < -0.3 is 9.32 Å². The summed E-state index contributed by atoms with van der Waals surface area (Å²) < 4.78 is 6.49. The first-order valence-corrected chi connectivity index (χ1v) is 21.8. The number of fused-ring (bicyclic) bond motifs is 13. The van der Waals surface area contributed by atoms with Crippen LogP contribution in [0.2, 0.25) is 0 Å². The Hall–Kier alpha value is -8.20. The Kier molecular flexibility index (Phi) is 7.85. The fourth-order valence-corrected chi connectivity index (χ4v) is 11.0. The molecule has 0 unspecified atom stereocenters. The summed E-state index contributed by atoms with van der Waals surface area (Å²) in [5.74, 6) is 0. The van der Waals surface area contributed by atoms with Crippen molar-refractivity contribution in [3.8, 4) is 55.6 Å². The minimum Gasteiger partial charge on any atom is -0.456 e. The van der Waals surface area contributed by atoms with Crippen molar-refractivity contribution < 1.29 is 4.42 Å². The predicted octanol–water partition coefficient (Wildman–Crippen LogP) is 16.4. The standard InChI is InChI=1S/C61H39NO/c1-2-19-40(20-3-1)42-21-4-5-22-43(42)48-26-9-15-33-56(48)62(57-34-16-10-27-49(57)50-29-18-36-59-60(50)51-28-11-17-35-58(51)63-59)41-37-38-47-46-25-8-14-32-54(46)61(55(47)39-41)52-30-12-6-23-44(52)45-24-7-13-31-53(45)61/h1-39H. The van der Waals surface area contributed by atoms with Crippen LogP contribution in [0.1, 0.15) is 22.3 Å². The van der Waals surface area contributed by atoms with Crippen molar-refractivity contribution in [1.29, 1.82) is 0 Å². The van der Waals surface area contributed by atoms with Crippen LogP contribution in [0.5, 0.6) is 0 Å². The van der Waals surface area contributed by atoms with Gasteiger partial charge in [0.2, 0.25) is 0 Å². The Bertz CT molecular complexity index is 3530. The Morgan fingerprint density at radius 2 is 0.762 bits per heavy atom. The SMILES string of the molecule is c1ccc(-c2ccccc2-c2ccccc2N(c2ccc3c(c2)C2(c4ccccc4-c4ccccc42)c2ccccc2-3)c2ccccc2-c2cccc3oc4ccccc4c23)cc1. The second-order valence-corrected chi connectivity index (χ2v) is 16.7. The highest BCUT2D eigenvalue weighted by Gasteiger charge is 2.51. The molecule has 0 aliphatic heterocycles. The first-order valence-electron chi connectivity index (χ1n) is 21.8. The van der Waals surface area contributed by atoms with Gasteiger partial charge in [-0.15, -0.1) is 0 Å². The van der Waals surface area contributed by atoms with E-state index in [1.165, 1.54) is 61.2 Å². The second kappa shape index (κ2) is 13.9. The summed E-state index contributed by atoms with van der Waals surface area (Å²) in [5, 5.41) is 2.23. The van der Waals surface area contributed by atoms with Gasteiger partial charge in [0.25, 0.3) is 0 Å². The number of rotatable bonds is 6. The molecule has 63 heavy (non-hydrogen) atoms. The van der Waals surface area contributed by atoms with Crippen LogP contribution in [0.4, 0.5) is 17.1 Å². The van der Waals surface area contributed by atoms with Crippen LogP contribution in [0.15, 0.2) is 241 Å². The van der Waals surface area contributed by atoms with E-state index in [2.05, 4.69) is 235 Å². The Morgan fingerprint density at radius 3 is 1.41 bits per heavy atom. The molecule has 0 radical (unpaired) electrons. The van der Waals surface area contributed by atoms with Crippen molar-refractivity contribution >= 4 is 39.0 Å². The van der Waals surface area contributed by atoms with Crippen molar-refractivity contribution in [3.05, 3.63) is 259 Å². The molecular formula is C61H39NO. The molecule has 1 aromatic heterocycles. The summed E-state index contributed by atoms with van der Waals surface area (Å²) in [7, 11) is 0. The zero-order valence-electron chi connectivity index (χ0n) is 34.4. The molecule has 0 atom stereocenters. The molecule has 0 fully saturated rings. The van der Waals surface area contributed by atoms with E-state index in [0.717, 1.165) is 55.7 Å². The van der Waals surface area contributed by atoms with Gasteiger partial charge in [-0.05, 0) is 103 Å². The molecular weight excluding hydrogens is 763 g/mol. The maximum absolute atomic E-state index is 6.49. The number of hydrogen-bond donors (Lipinski definition) is 0. The van der Waals surface area contributed by atoms with Gasteiger partial charge in [0.05, 0.1) is 16.8 Å². The molecule has 1 spiro atoms. The topological polar surface area (TPSA) is 16.4 Å². The number of hydrogen-bond acceptors (Lipinski definition) is 2. The van der Waals surface area contributed by atoms with E-state index in [0.29, 0.717) is 0 Å².